The molecule has 1 N–H and O–H groups in total. The van der Waals surface area contributed by atoms with Crippen molar-refractivity contribution in [3.05, 3.63) is 59.7 Å². The van der Waals surface area contributed by atoms with Crippen molar-refractivity contribution in [2.45, 2.75) is 50.8 Å². The molecule has 0 aromatic heterocycles. The van der Waals surface area contributed by atoms with Crippen molar-refractivity contribution in [2.24, 2.45) is 0 Å². The van der Waals surface area contributed by atoms with Crippen molar-refractivity contribution in [3.8, 4) is 0 Å². The maximum atomic E-state index is 12.5. The van der Waals surface area contributed by atoms with Crippen LogP contribution >= 0.6 is 0 Å². The normalized spacial score (nSPS) is 11.2. The average molecular weight is 390 g/mol. The molecule has 2 aromatic rings. The first-order valence-electron chi connectivity index (χ1n) is 9.35. The van der Waals surface area contributed by atoms with Crippen molar-refractivity contribution in [1.29, 1.82) is 0 Å². The van der Waals surface area contributed by atoms with Crippen LogP contribution in [0.4, 0.5) is 5.69 Å². The molecular weight excluding hydrogens is 362 g/mol. The highest BCUT2D eigenvalue weighted by molar-refractivity contribution is 7.92. The zero-order valence-corrected chi connectivity index (χ0v) is 16.7. The predicted octanol–water partition coefficient (Wildman–Crippen LogP) is 4.79. The van der Waals surface area contributed by atoms with Crippen molar-refractivity contribution >= 4 is 21.7 Å². The van der Waals surface area contributed by atoms with E-state index in [1.54, 1.807) is 31.2 Å². The molecule has 0 spiro atoms. The van der Waals surface area contributed by atoms with Gasteiger partial charge in [-0.15, -0.1) is 0 Å². The monoisotopic (exact) mass is 389 g/mol. The van der Waals surface area contributed by atoms with Gasteiger partial charge in [0.1, 0.15) is 0 Å². The van der Waals surface area contributed by atoms with Gasteiger partial charge < -0.3 is 4.74 Å². The molecule has 0 aliphatic carbocycles. The number of nitrogens with one attached hydrogen (secondary N) is 1. The number of carbonyl (C=O) groups is 1. The number of esters is 1. The molecule has 0 radical (unpaired) electrons. The molecule has 27 heavy (non-hydrogen) atoms. The van der Waals surface area contributed by atoms with Gasteiger partial charge in [-0.25, -0.2) is 13.2 Å². The largest absolute Gasteiger partial charge is 0.462 e. The Labute approximate surface area is 161 Å². The van der Waals surface area contributed by atoms with E-state index in [2.05, 4.69) is 11.6 Å². The molecule has 0 aliphatic heterocycles. The van der Waals surface area contributed by atoms with Crippen LogP contribution in [0.15, 0.2) is 53.4 Å². The second-order valence-corrected chi connectivity index (χ2v) is 8.04. The maximum absolute atomic E-state index is 12.5. The molecule has 0 atom stereocenters. The number of carbonyl (C=O) groups excluding carboxylic acids is 1. The summed E-state index contributed by atoms with van der Waals surface area (Å²) in [6.07, 6.45) is 5.70. The van der Waals surface area contributed by atoms with E-state index in [9.17, 15) is 13.2 Å². The number of unbranched alkanes of at least 4 members (excludes halogenated alkanes) is 3. The molecule has 6 heteroatoms. The quantitative estimate of drug-likeness (QED) is 0.468. The maximum Gasteiger partial charge on any atom is 0.338 e. The highest BCUT2D eigenvalue weighted by atomic mass is 32.2. The van der Waals surface area contributed by atoms with Crippen molar-refractivity contribution < 1.29 is 17.9 Å². The average Bonchev–Trinajstić information content (AvgIpc) is 2.66. The van der Waals surface area contributed by atoms with E-state index >= 15 is 0 Å². The molecular formula is C21H27NO4S. The lowest BCUT2D eigenvalue weighted by atomic mass is 10.1. The molecule has 0 amide bonds. The minimum atomic E-state index is -3.67. The Balaban J connectivity index is 2.00. The van der Waals surface area contributed by atoms with E-state index in [-0.39, 0.29) is 4.90 Å². The minimum absolute atomic E-state index is 0.217. The number of anilines is 1. The number of sulfonamides is 1. The van der Waals surface area contributed by atoms with E-state index in [0.717, 1.165) is 18.4 Å². The molecule has 0 saturated carbocycles. The molecule has 146 valence electrons. The third-order valence-electron chi connectivity index (χ3n) is 4.20. The van der Waals surface area contributed by atoms with Gasteiger partial charge in [-0.05, 0) is 61.7 Å². The molecule has 0 bridgehead atoms. The minimum Gasteiger partial charge on any atom is -0.462 e. The third kappa shape index (κ3) is 6.40. The van der Waals surface area contributed by atoms with Crippen LogP contribution in [0.2, 0.25) is 0 Å². The second-order valence-electron chi connectivity index (χ2n) is 6.36. The summed E-state index contributed by atoms with van der Waals surface area (Å²) in [5.74, 6) is -0.429. The van der Waals surface area contributed by atoms with Gasteiger partial charge in [0.05, 0.1) is 17.1 Å². The molecule has 0 fully saturated rings. The Hall–Kier alpha value is -2.34. The van der Waals surface area contributed by atoms with Gasteiger partial charge in [0.2, 0.25) is 0 Å². The molecule has 0 unspecified atom stereocenters. The summed E-state index contributed by atoms with van der Waals surface area (Å²) >= 11 is 0. The predicted molar refractivity (Wildman–Crippen MR) is 107 cm³/mol. The third-order valence-corrected chi connectivity index (χ3v) is 5.60. The van der Waals surface area contributed by atoms with Crippen LogP contribution in [-0.4, -0.2) is 21.0 Å². The Morgan fingerprint density at radius 1 is 0.926 bits per heavy atom. The molecule has 0 saturated heterocycles. The van der Waals surface area contributed by atoms with E-state index in [1.807, 2.05) is 12.1 Å². The molecule has 0 heterocycles. The Morgan fingerprint density at radius 2 is 1.59 bits per heavy atom. The number of rotatable bonds is 10. The summed E-state index contributed by atoms with van der Waals surface area (Å²) in [5, 5.41) is 0. The Kier molecular flexibility index (Phi) is 7.85. The van der Waals surface area contributed by atoms with Gasteiger partial charge in [-0.3, -0.25) is 4.72 Å². The van der Waals surface area contributed by atoms with Crippen LogP contribution in [0.25, 0.3) is 0 Å². The van der Waals surface area contributed by atoms with Gasteiger partial charge in [0.15, 0.2) is 0 Å². The Morgan fingerprint density at radius 3 is 2.19 bits per heavy atom. The zero-order chi connectivity index (χ0) is 19.7. The van der Waals surface area contributed by atoms with E-state index in [1.165, 1.54) is 31.4 Å². The van der Waals surface area contributed by atoms with Gasteiger partial charge >= 0.3 is 5.97 Å². The summed E-state index contributed by atoms with van der Waals surface area (Å²) in [6.45, 7) is 4.20. The topological polar surface area (TPSA) is 72.5 Å². The first-order chi connectivity index (χ1) is 13.0. The SMILES string of the molecule is CCCCCCc1ccc(S(=O)(=O)Nc2ccc(C(=O)OCC)cc2)cc1. The Bertz CT molecular complexity index is 827. The standard InChI is InChI=1S/C21H27NO4S/c1-3-5-6-7-8-17-9-15-20(16-10-17)27(24,25)22-19-13-11-18(12-14-19)21(23)26-4-2/h9-16,22H,3-8H2,1-2H3. The number of ether oxygens (including phenoxy) is 1. The lowest BCUT2D eigenvalue weighted by Gasteiger charge is -2.09. The summed E-state index contributed by atoms with van der Waals surface area (Å²) in [7, 11) is -3.67. The fourth-order valence-electron chi connectivity index (χ4n) is 2.69. The van der Waals surface area contributed by atoms with Crippen LogP contribution in [0.3, 0.4) is 0 Å². The van der Waals surface area contributed by atoms with Gasteiger partial charge in [-0.1, -0.05) is 38.3 Å². The molecule has 2 aromatic carbocycles. The van der Waals surface area contributed by atoms with E-state index < -0.39 is 16.0 Å². The highest BCUT2D eigenvalue weighted by Gasteiger charge is 2.14. The summed E-state index contributed by atoms with van der Waals surface area (Å²) < 4.78 is 32.5. The summed E-state index contributed by atoms with van der Waals surface area (Å²) in [5.41, 5.74) is 1.92. The highest BCUT2D eigenvalue weighted by Crippen LogP contribution is 2.18. The molecule has 0 aliphatic rings. The van der Waals surface area contributed by atoms with E-state index in [0.29, 0.717) is 17.9 Å². The van der Waals surface area contributed by atoms with Crippen molar-refractivity contribution in [3.63, 3.8) is 0 Å². The van der Waals surface area contributed by atoms with Crippen LogP contribution in [0, 0.1) is 0 Å². The fourth-order valence-corrected chi connectivity index (χ4v) is 3.75. The van der Waals surface area contributed by atoms with Crippen LogP contribution in [0.5, 0.6) is 0 Å². The second kappa shape index (κ2) is 10.1. The molecule has 5 nitrogen and oxygen atoms in total. The number of aryl methyl sites for hydroxylation is 1. The van der Waals surface area contributed by atoms with Gasteiger partial charge in [0.25, 0.3) is 10.0 Å². The van der Waals surface area contributed by atoms with Gasteiger partial charge in [0, 0.05) is 5.69 Å². The van der Waals surface area contributed by atoms with E-state index in [4.69, 9.17) is 4.74 Å². The number of hydrogen-bond acceptors (Lipinski definition) is 4. The first-order valence-corrected chi connectivity index (χ1v) is 10.8. The number of hydrogen-bond donors (Lipinski definition) is 1. The zero-order valence-electron chi connectivity index (χ0n) is 15.9. The molecule has 2 rings (SSSR count). The lowest BCUT2D eigenvalue weighted by Crippen LogP contribution is -2.13. The summed E-state index contributed by atoms with van der Waals surface area (Å²) in [6, 6.07) is 13.2. The first kappa shape index (κ1) is 21.0. The van der Waals surface area contributed by atoms with Crippen molar-refractivity contribution in [1.82, 2.24) is 0 Å². The summed E-state index contributed by atoms with van der Waals surface area (Å²) in [4.78, 5) is 11.9. The van der Waals surface area contributed by atoms with Crippen LogP contribution in [0.1, 0.15) is 55.5 Å². The van der Waals surface area contributed by atoms with Crippen molar-refractivity contribution in [2.75, 3.05) is 11.3 Å². The fraction of sp³-hybridized carbons (Fsp3) is 0.381. The number of benzene rings is 2. The smallest absolute Gasteiger partial charge is 0.338 e. The van der Waals surface area contributed by atoms with Crippen LogP contribution in [-0.2, 0) is 21.2 Å². The van der Waals surface area contributed by atoms with Crippen LogP contribution < -0.4 is 4.72 Å². The van der Waals surface area contributed by atoms with Gasteiger partial charge in [-0.2, -0.15) is 0 Å². The lowest BCUT2D eigenvalue weighted by molar-refractivity contribution is 0.0526.